The Hall–Kier alpha value is -2.85. The Morgan fingerprint density at radius 3 is 2.47 bits per heavy atom. The highest BCUT2D eigenvalue weighted by Crippen LogP contribution is 2.33. The van der Waals surface area contributed by atoms with Gasteiger partial charge in [0.05, 0.1) is 28.8 Å². The molecule has 0 saturated carbocycles. The van der Waals surface area contributed by atoms with Crippen LogP contribution in [0.4, 0.5) is 18.9 Å². The fourth-order valence-electron chi connectivity index (χ4n) is 3.86. The van der Waals surface area contributed by atoms with Gasteiger partial charge in [-0.25, -0.2) is 8.42 Å². The highest BCUT2D eigenvalue weighted by molar-refractivity contribution is 7.92. The lowest BCUT2D eigenvalue weighted by atomic mass is 10.1. The molecule has 0 atom stereocenters. The van der Waals surface area contributed by atoms with E-state index in [1.54, 1.807) is 4.90 Å². The summed E-state index contributed by atoms with van der Waals surface area (Å²) in [4.78, 5) is 14.5. The Morgan fingerprint density at radius 1 is 1.18 bits per heavy atom. The smallest absolute Gasteiger partial charge is 0.378 e. The molecule has 1 saturated heterocycles. The molecular formula is C24H27F3N2O4S. The highest BCUT2D eigenvalue weighted by Gasteiger charge is 2.33. The Morgan fingerprint density at radius 2 is 1.85 bits per heavy atom. The number of likely N-dealkylation sites (tertiary alicyclic amines) is 1. The minimum atomic E-state index is -4.62. The molecule has 1 aliphatic rings. The molecule has 10 heteroatoms. The van der Waals surface area contributed by atoms with Crippen molar-refractivity contribution in [3.63, 3.8) is 0 Å². The quantitative estimate of drug-likeness (QED) is 0.496. The van der Waals surface area contributed by atoms with Crippen LogP contribution in [0.25, 0.3) is 0 Å². The molecule has 0 unspecified atom stereocenters. The van der Waals surface area contributed by atoms with Crippen LogP contribution in [0.1, 0.15) is 35.7 Å². The number of rotatable bonds is 8. The number of anilines is 1. The van der Waals surface area contributed by atoms with Crippen LogP contribution in [0.3, 0.4) is 0 Å². The molecular weight excluding hydrogens is 469 g/mol. The van der Waals surface area contributed by atoms with Crippen LogP contribution in [0.15, 0.2) is 66.1 Å². The van der Waals surface area contributed by atoms with Crippen LogP contribution >= 0.6 is 0 Å². The summed E-state index contributed by atoms with van der Waals surface area (Å²) in [7, 11) is -4.28. The standard InChI is InChI=1S/C24H27F3N2O4S/c1-3-13-29(20-9-6-8-19(17-20)24(25,26)27)34(31,32)22-10-5-7-18(16-22)23(30)28-14-11-21(12-15-28)33-4-2/h3,5-10,16-17,21H,1,4,11-15H2,2H3. The molecule has 0 N–H and O–H groups in total. The van der Waals surface area contributed by atoms with Crippen molar-refractivity contribution in [1.29, 1.82) is 0 Å². The van der Waals surface area contributed by atoms with Gasteiger partial charge in [0.2, 0.25) is 0 Å². The normalized spacial score (nSPS) is 15.2. The fraction of sp³-hybridized carbons (Fsp3) is 0.375. The van der Waals surface area contributed by atoms with Crippen molar-refractivity contribution in [3.8, 4) is 0 Å². The van der Waals surface area contributed by atoms with Gasteiger partial charge in [-0.3, -0.25) is 9.10 Å². The monoisotopic (exact) mass is 496 g/mol. The molecule has 0 spiro atoms. The summed E-state index contributed by atoms with van der Waals surface area (Å²) in [6.07, 6.45) is -1.85. The van der Waals surface area contributed by atoms with E-state index in [1.165, 1.54) is 36.4 Å². The van der Waals surface area contributed by atoms with Crippen molar-refractivity contribution in [2.45, 2.75) is 36.9 Å². The minimum Gasteiger partial charge on any atom is -0.378 e. The predicted octanol–water partition coefficient (Wildman–Crippen LogP) is 4.73. The summed E-state index contributed by atoms with van der Waals surface area (Å²) >= 11 is 0. The number of benzene rings is 2. The molecule has 0 radical (unpaired) electrons. The molecule has 6 nitrogen and oxygen atoms in total. The van der Waals surface area contributed by atoms with Gasteiger partial charge in [0.15, 0.2) is 0 Å². The van der Waals surface area contributed by atoms with E-state index >= 15 is 0 Å². The average Bonchev–Trinajstić information content (AvgIpc) is 2.82. The number of hydrogen-bond acceptors (Lipinski definition) is 4. The van der Waals surface area contributed by atoms with E-state index in [0.717, 1.165) is 22.5 Å². The largest absolute Gasteiger partial charge is 0.416 e. The zero-order valence-electron chi connectivity index (χ0n) is 18.8. The lowest BCUT2D eigenvalue weighted by molar-refractivity contribution is -0.137. The molecule has 1 heterocycles. The minimum absolute atomic E-state index is 0.0979. The summed E-state index contributed by atoms with van der Waals surface area (Å²) in [5.41, 5.74) is -0.920. The maximum absolute atomic E-state index is 13.4. The van der Waals surface area contributed by atoms with Crippen LogP contribution in [0, 0.1) is 0 Å². The zero-order chi connectivity index (χ0) is 24.9. The first kappa shape index (κ1) is 25.8. The van der Waals surface area contributed by atoms with E-state index in [0.29, 0.717) is 32.5 Å². The Labute approximate surface area is 197 Å². The van der Waals surface area contributed by atoms with Gasteiger partial charge in [-0.2, -0.15) is 13.2 Å². The van der Waals surface area contributed by atoms with Gasteiger partial charge in [-0.1, -0.05) is 18.2 Å². The van der Waals surface area contributed by atoms with Crippen molar-refractivity contribution >= 4 is 21.6 Å². The van der Waals surface area contributed by atoms with E-state index in [4.69, 9.17) is 4.74 Å². The molecule has 184 valence electrons. The predicted molar refractivity (Wildman–Crippen MR) is 123 cm³/mol. The second kappa shape index (κ2) is 10.6. The van der Waals surface area contributed by atoms with Crippen LogP contribution < -0.4 is 4.31 Å². The number of carbonyl (C=O) groups is 1. The van der Waals surface area contributed by atoms with Gasteiger partial charge >= 0.3 is 6.18 Å². The number of nitrogens with zero attached hydrogens (tertiary/aromatic N) is 2. The first-order chi connectivity index (χ1) is 16.1. The number of alkyl halides is 3. The van der Waals surface area contributed by atoms with E-state index in [1.807, 2.05) is 6.92 Å². The summed E-state index contributed by atoms with van der Waals surface area (Å²) < 4.78 is 72.8. The second-order valence-electron chi connectivity index (χ2n) is 7.85. The van der Waals surface area contributed by atoms with Crippen LogP contribution in [-0.4, -0.2) is 51.6 Å². The number of halogens is 3. The third-order valence-electron chi connectivity index (χ3n) is 5.56. The maximum atomic E-state index is 13.4. The molecule has 2 aromatic rings. The Balaban J connectivity index is 1.89. The van der Waals surface area contributed by atoms with Crippen molar-refractivity contribution in [2.24, 2.45) is 0 Å². The molecule has 1 amide bonds. The van der Waals surface area contributed by atoms with Crippen molar-refractivity contribution in [3.05, 3.63) is 72.3 Å². The van der Waals surface area contributed by atoms with E-state index < -0.39 is 21.8 Å². The molecule has 34 heavy (non-hydrogen) atoms. The van der Waals surface area contributed by atoms with Crippen LogP contribution in [0.2, 0.25) is 0 Å². The van der Waals surface area contributed by atoms with Crippen LogP contribution in [-0.2, 0) is 20.9 Å². The van der Waals surface area contributed by atoms with Gasteiger partial charge in [-0.05, 0) is 56.2 Å². The molecule has 0 aromatic heterocycles. The number of hydrogen-bond donors (Lipinski definition) is 0. The third kappa shape index (κ3) is 5.79. The van der Waals surface area contributed by atoms with Gasteiger partial charge in [0.1, 0.15) is 0 Å². The van der Waals surface area contributed by atoms with Gasteiger partial charge in [-0.15, -0.1) is 6.58 Å². The number of sulfonamides is 1. The lowest BCUT2D eigenvalue weighted by Gasteiger charge is -2.32. The van der Waals surface area contributed by atoms with Crippen molar-refractivity contribution in [2.75, 3.05) is 30.5 Å². The Bertz CT molecular complexity index is 1130. The van der Waals surface area contributed by atoms with Crippen LogP contribution in [0.5, 0.6) is 0 Å². The van der Waals surface area contributed by atoms with Gasteiger partial charge in [0, 0.05) is 25.3 Å². The number of ether oxygens (including phenoxy) is 1. The van der Waals surface area contributed by atoms with E-state index in [9.17, 15) is 26.4 Å². The summed E-state index contributed by atoms with van der Waals surface area (Å²) in [5, 5.41) is 0. The fourth-order valence-corrected chi connectivity index (χ4v) is 5.33. The summed E-state index contributed by atoms with van der Waals surface area (Å²) in [6, 6.07) is 9.63. The SMILES string of the molecule is C=CCN(c1cccc(C(F)(F)F)c1)S(=O)(=O)c1cccc(C(=O)N2CCC(OCC)CC2)c1. The van der Waals surface area contributed by atoms with Gasteiger partial charge in [0.25, 0.3) is 15.9 Å². The number of carbonyl (C=O) groups excluding carboxylic acids is 1. The second-order valence-corrected chi connectivity index (χ2v) is 9.71. The van der Waals surface area contributed by atoms with Crippen molar-refractivity contribution < 1.29 is 31.1 Å². The molecule has 3 rings (SSSR count). The molecule has 1 aliphatic heterocycles. The highest BCUT2D eigenvalue weighted by atomic mass is 32.2. The molecule has 2 aromatic carbocycles. The molecule has 0 aliphatic carbocycles. The summed E-state index contributed by atoms with van der Waals surface area (Å²) in [5.74, 6) is -0.304. The van der Waals surface area contributed by atoms with E-state index in [-0.39, 0.29) is 34.7 Å². The number of piperidine rings is 1. The average molecular weight is 497 g/mol. The maximum Gasteiger partial charge on any atom is 0.416 e. The van der Waals surface area contributed by atoms with Crippen molar-refractivity contribution in [1.82, 2.24) is 4.90 Å². The summed E-state index contributed by atoms with van der Waals surface area (Å²) in [6.45, 7) is 6.79. The van der Waals surface area contributed by atoms with Gasteiger partial charge < -0.3 is 9.64 Å². The third-order valence-corrected chi connectivity index (χ3v) is 7.35. The topological polar surface area (TPSA) is 66.9 Å². The Kier molecular flexibility index (Phi) is 8.04. The first-order valence-electron chi connectivity index (χ1n) is 10.9. The number of amides is 1. The molecule has 1 fully saturated rings. The first-order valence-corrected chi connectivity index (χ1v) is 12.3. The zero-order valence-corrected chi connectivity index (χ0v) is 19.6. The molecule has 0 bridgehead atoms. The van der Waals surface area contributed by atoms with E-state index in [2.05, 4.69) is 6.58 Å². The lowest BCUT2D eigenvalue weighted by Crippen LogP contribution is -2.41.